The maximum Gasteiger partial charge on any atom is 0.262 e. The standard InChI is InChI=1S/C19H29N5O2S.ClH/c1-5-20-11-14-6-8-24(9-7-14)18(26)13(3)21-17(25)16-10-15-12(2)22-23(4)19(15)27-16;/h10,13-14,20H,5-9,11H2,1-4H3,(H,21,25);1H. The summed E-state index contributed by atoms with van der Waals surface area (Å²) in [6, 6.07) is 1.34. The number of carbonyl (C=O) groups excluding carboxylic acids is 2. The van der Waals surface area contributed by atoms with Gasteiger partial charge in [-0.05, 0) is 51.8 Å². The molecule has 0 bridgehead atoms. The fraction of sp³-hybridized carbons (Fsp3) is 0.632. The third-order valence-electron chi connectivity index (χ3n) is 5.25. The monoisotopic (exact) mass is 427 g/mol. The molecule has 2 N–H and O–H groups in total. The first-order valence-corrected chi connectivity index (χ1v) is 10.5. The van der Waals surface area contributed by atoms with Crippen LogP contribution in [0.1, 0.15) is 42.1 Å². The van der Waals surface area contributed by atoms with E-state index in [4.69, 9.17) is 0 Å². The van der Waals surface area contributed by atoms with Crippen LogP contribution in [0.5, 0.6) is 0 Å². The highest BCUT2D eigenvalue weighted by atomic mass is 35.5. The third kappa shape index (κ3) is 4.85. The van der Waals surface area contributed by atoms with Gasteiger partial charge in [-0.1, -0.05) is 6.92 Å². The maximum absolute atomic E-state index is 12.7. The highest BCUT2D eigenvalue weighted by Gasteiger charge is 2.27. The lowest BCUT2D eigenvalue weighted by atomic mass is 9.96. The Morgan fingerprint density at radius 1 is 1.36 bits per heavy atom. The Labute approximate surface area is 176 Å². The molecule has 0 spiro atoms. The molecular formula is C19H30ClN5O2S. The topological polar surface area (TPSA) is 79.3 Å². The molecule has 2 aromatic rings. The quantitative estimate of drug-likeness (QED) is 0.741. The molecule has 9 heteroatoms. The number of hydrogen-bond donors (Lipinski definition) is 2. The van der Waals surface area contributed by atoms with E-state index in [0.29, 0.717) is 10.8 Å². The molecule has 3 heterocycles. The fourth-order valence-electron chi connectivity index (χ4n) is 3.63. The molecule has 7 nitrogen and oxygen atoms in total. The molecule has 0 radical (unpaired) electrons. The normalized spacial score (nSPS) is 16.1. The first-order chi connectivity index (χ1) is 12.9. The minimum absolute atomic E-state index is 0. The zero-order chi connectivity index (χ0) is 19.6. The molecule has 0 aliphatic carbocycles. The second-order valence-corrected chi connectivity index (χ2v) is 8.34. The number of rotatable bonds is 6. The summed E-state index contributed by atoms with van der Waals surface area (Å²) in [6.45, 7) is 9.34. The largest absolute Gasteiger partial charge is 0.341 e. The molecule has 1 aliphatic heterocycles. The van der Waals surface area contributed by atoms with Crippen molar-refractivity contribution in [2.75, 3.05) is 26.2 Å². The molecule has 2 aromatic heterocycles. The number of carbonyl (C=O) groups is 2. The molecule has 0 aromatic carbocycles. The Morgan fingerprint density at radius 2 is 2.04 bits per heavy atom. The van der Waals surface area contributed by atoms with Crippen molar-refractivity contribution in [1.82, 2.24) is 25.3 Å². The zero-order valence-electron chi connectivity index (χ0n) is 16.9. The molecule has 28 heavy (non-hydrogen) atoms. The summed E-state index contributed by atoms with van der Waals surface area (Å²) in [6.07, 6.45) is 2.03. The summed E-state index contributed by atoms with van der Waals surface area (Å²) < 4.78 is 1.79. The summed E-state index contributed by atoms with van der Waals surface area (Å²) in [4.78, 5) is 28.8. The van der Waals surface area contributed by atoms with Crippen molar-refractivity contribution in [2.45, 2.75) is 39.7 Å². The summed E-state index contributed by atoms with van der Waals surface area (Å²) >= 11 is 1.41. The SMILES string of the molecule is CCNCC1CCN(C(=O)C(C)NC(=O)c2cc3c(C)nn(C)c3s2)CC1.Cl. The third-order valence-corrected chi connectivity index (χ3v) is 6.45. The van der Waals surface area contributed by atoms with Gasteiger partial charge in [0.2, 0.25) is 5.91 Å². The van der Waals surface area contributed by atoms with Crippen LogP contribution in [-0.2, 0) is 11.8 Å². The van der Waals surface area contributed by atoms with Gasteiger partial charge < -0.3 is 15.5 Å². The van der Waals surface area contributed by atoms with E-state index in [1.807, 2.05) is 24.9 Å². The number of thiophene rings is 1. The van der Waals surface area contributed by atoms with Crippen molar-refractivity contribution in [3.63, 3.8) is 0 Å². The number of nitrogens with one attached hydrogen (secondary N) is 2. The van der Waals surface area contributed by atoms with Crippen LogP contribution < -0.4 is 10.6 Å². The zero-order valence-corrected chi connectivity index (χ0v) is 18.6. The van der Waals surface area contributed by atoms with Gasteiger partial charge in [0.15, 0.2) is 0 Å². The van der Waals surface area contributed by atoms with E-state index < -0.39 is 6.04 Å². The summed E-state index contributed by atoms with van der Waals surface area (Å²) in [7, 11) is 1.87. The van der Waals surface area contributed by atoms with Gasteiger partial charge in [-0.3, -0.25) is 14.3 Å². The summed E-state index contributed by atoms with van der Waals surface area (Å²) in [5.74, 6) is 0.442. The summed E-state index contributed by atoms with van der Waals surface area (Å²) in [5, 5.41) is 11.6. The van der Waals surface area contributed by atoms with E-state index in [2.05, 4.69) is 22.7 Å². The van der Waals surface area contributed by atoms with Gasteiger partial charge in [0.25, 0.3) is 5.91 Å². The van der Waals surface area contributed by atoms with Crippen molar-refractivity contribution in [1.29, 1.82) is 0 Å². The Hall–Kier alpha value is -1.64. The smallest absolute Gasteiger partial charge is 0.262 e. The van der Waals surface area contributed by atoms with Gasteiger partial charge >= 0.3 is 0 Å². The fourth-order valence-corrected chi connectivity index (χ4v) is 4.65. The second kappa shape index (κ2) is 9.71. The van der Waals surface area contributed by atoms with Gasteiger partial charge in [-0.25, -0.2) is 0 Å². The molecule has 3 rings (SSSR count). The number of aromatic nitrogens is 2. The number of piperidine rings is 1. The lowest BCUT2D eigenvalue weighted by Crippen LogP contribution is -2.49. The second-order valence-electron chi connectivity index (χ2n) is 7.31. The Balaban J connectivity index is 0.00000280. The van der Waals surface area contributed by atoms with Crippen LogP contribution in [0.2, 0.25) is 0 Å². The molecule has 1 atom stereocenters. The Kier molecular flexibility index (Phi) is 7.86. The van der Waals surface area contributed by atoms with Crippen LogP contribution in [0.4, 0.5) is 0 Å². The van der Waals surface area contributed by atoms with E-state index in [0.717, 1.165) is 54.9 Å². The minimum Gasteiger partial charge on any atom is -0.341 e. The van der Waals surface area contributed by atoms with Gasteiger partial charge in [-0.15, -0.1) is 23.7 Å². The van der Waals surface area contributed by atoms with E-state index >= 15 is 0 Å². The van der Waals surface area contributed by atoms with Crippen LogP contribution in [0, 0.1) is 12.8 Å². The Morgan fingerprint density at radius 3 is 2.64 bits per heavy atom. The highest BCUT2D eigenvalue weighted by Crippen LogP contribution is 2.27. The number of hydrogen-bond acceptors (Lipinski definition) is 5. The molecule has 1 unspecified atom stereocenters. The van der Waals surface area contributed by atoms with E-state index in [1.165, 1.54) is 11.3 Å². The molecule has 0 saturated carbocycles. The maximum atomic E-state index is 12.7. The van der Waals surface area contributed by atoms with E-state index in [-0.39, 0.29) is 24.2 Å². The van der Waals surface area contributed by atoms with E-state index in [1.54, 1.807) is 11.6 Å². The minimum atomic E-state index is -0.521. The Bertz CT molecular complexity index is 791. The first kappa shape index (κ1) is 22.6. The van der Waals surface area contributed by atoms with Crippen LogP contribution >= 0.6 is 23.7 Å². The molecule has 156 valence electrons. The van der Waals surface area contributed by atoms with Crippen molar-refractivity contribution >= 4 is 45.8 Å². The molecular weight excluding hydrogens is 398 g/mol. The molecule has 1 saturated heterocycles. The average Bonchev–Trinajstić information content (AvgIpc) is 3.21. The number of halogens is 1. The van der Waals surface area contributed by atoms with Gasteiger partial charge in [-0.2, -0.15) is 5.10 Å². The van der Waals surface area contributed by atoms with Crippen LogP contribution in [0.25, 0.3) is 10.2 Å². The number of nitrogens with zero attached hydrogens (tertiary/aromatic N) is 3. The number of amides is 2. The van der Waals surface area contributed by atoms with Crippen LogP contribution in [0.15, 0.2) is 6.07 Å². The van der Waals surface area contributed by atoms with Crippen molar-refractivity contribution < 1.29 is 9.59 Å². The lowest BCUT2D eigenvalue weighted by molar-refractivity contribution is -0.134. The van der Waals surface area contributed by atoms with Crippen molar-refractivity contribution in [3.05, 3.63) is 16.6 Å². The average molecular weight is 428 g/mol. The van der Waals surface area contributed by atoms with E-state index in [9.17, 15) is 9.59 Å². The number of aryl methyl sites for hydroxylation is 2. The molecule has 1 fully saturated rings. The molecule has 2 amide bonds. The van der Waals surface area contributed by atoms with Crippen LogP contribution in [0.3, 0.4) is 0 Å². The van der Waals surface area contributed by atoms with Gasteiger partial charge in [0.1, 0.15) is 10.9 Å². The first-order valence-electron chi connectivity index (χ1n) is 9.64. The van der Waals surface area contributed by atoms with Crippen molar-refractivity contribution in [2.24, 2.45) is 13.0 Å². The number of likely N-dealkylation sites (tertiary alicyclic amines) is 1. The predicted molar refractivity (Wildman–Crippen MR) is 115 cm³/mol. The number of fused-ring (bicyclic) bond motifs is 1. The van der Waals surface area contributed by atoms with Gasteiger partial charge in [0.05, 0.1) is 10.6 Å². The summed E-state index contributed by atoms with van der Waals surface area (Å²) in [5.41, 5.74) is 0.910. The lowest BCUT2D eigenvalue weighted by Gasteiger charge is -2.33. The molecule has 1 aliphatic rings. The van der Waals surface area contributed by atoms with Crippen molar-refractivity contribution in [3.8, 4) is 0 Å². The van der Waals surface area contributed by atoms with Crippen LogP contribution in [-0.4, -0.2) is 58.7 Å². The highest BCUT2D eigenvalue weighted by molar-refractivity contribution is 7.20. The van der Waals surface area contributed by atoms with Gasteiger partial charge in [0, 0.05) is 25.5 Å². The predicted octanol–water partition coefficient (Wildman–Crippen LogP) is 2.33.